The largest absolute Gasteiger partial charge is 0.495 e. The minimum absolute atomic E-state index is 0.294. The minimum Gasteiger partial charge on any atom is -0.495 e. The predicted octanol–water partition coefficient (Wildman–Crippen LogP) is 3.38. The van der Waals surface area contributed by atoms with Crippen LogP contribution >= 0.6 is 11.3 Å². The van der Waals surface area contributed by atoms with Gasteiger partial charge in [0.15, 0.2) is 5.82 Å². The number of methoxy groups -OCH3 is 1. The smallest absolute Gasteiger partial charge is 0.313 e. The quantitative estimate of drug-likeness (QED) is 0.440. The standard InChI is InChI=1S/C23H23N5O3S/c1-14-5-4-6-16(11-14)20-26-23-28(27-20)17(13-32-23)9-10-24-21(29)22(30)25-18-12-15(2)7-8-19(18)31-3/h4-8,11-13H,9-10H2,1-3H3,(H,24,29)(H,25,30). The first-order valence-electron chi connectivity index (χ1n) is 10.1. The van der Waals surface area contributed by atoms with Gasteiger partial charge in [0.05, 0.1) is 18.5 Å². The topological polar surface area (TPSA) is 97.6 Å². The van der Waals surface area contributed by atoms with Crippen molar-refractivity contribution in [2.45, 2.75) is 20.3 Å². The van der Waals surface area contributed by atoms with E-state index in [9.17, 15) is 9.59 Å². The molecule has 2 amide bonds. The predicted molar refractivity (Wildman–Crippen MR) is 124 cm³/mol. The number of hydrogen-bond acceptors (Lipinski definition) is 6. The molecule has 0 fully saturated rings. The third-order valence-corrected chi connectivity index (χ3v) is 5.77. The summed E-state index contributed by atoms with van der Waals surface area (Å²) in [5.41, 5.74) is 4.42. The highest BCUT2D eigenvalue weighted by Gasteiger charge is 2.17. The molecule has 32 heavy (non-hydrogen) atoms. The lowest BCUT2D eigenvalue weighted by Gasteiger charge is -2.11. The van der Waals surface area contributed by atoms with Crippen molar-refractivity contribution in [3.8, 4) is 17.1 Å². The lowest BCUT2D eigenvalue weighted by Crippen LogP contribution is -2.36. The lowest BCUT2D eigenvalue weighted by atomic mass is 10.1. The van der Waals surface area contributed by atoms with Crippen LogP contribution < -0.4 is 15.4 Å². The van der Waals surface area contributed by atoms with Crippen molar-refractivity contribution in [3.63, 3.8) is 0 Å². The highest BCUT2D eigenvalue weighted by Crippen LogP contribution is 2.25. The summed E-state index contributed by atoms with van der Waals surface area (Å²) in [6.45, 7) is 4.22. The van der Waals surface area contributed by atoms with E-state index in [-0.39, 0.29) is 0 Å². The average Bonchev–Trinajstić information content (AvgIpc) is 3.35. The van der Waals surface area contributed by atoms with E-state index < -0.39 is 11.8 Å². The monoisotopic (exact) mass is 449 g/mol. The van der Waals surface area contributed by atoms with Crippen LogP contribution in [0.5, 0.6) is 5.75 Å². The van der Waals surface area contributed by atoms with Crippen LogP contribution in [0.25, 0.3) is 16.3 Å². The number of benzene rings is 2. The molecule has 0 spiro atoms. The Morgan fingerprint density at radius 3 is 2.69 bits per heavy atom. The van der Waals surface area contributed by atoms with Crippen LogP contribution in [0, 0.1) is 13.8 Å². The summed E-state index contributed by atoms with van der Waals surface area (Å²) in [6, 6.07) is 13.4. The molecule has 0 aliphatic rings. The molecule has 9 heteroatoms. The maximum Gasteiger partial charge on any atom is 0.313 e. The van der Waals surface area contributed by atoms with E-state index in [0.29, 0.717) is 30.2 Å². The van der Waals surface area contributed by atoms with Crippen LogP contribution in [0.2, 0.25) is 0 Å². The molecule has 2 heterocycles. The second kappa shape index (κ2) is 9.19. The summed E-state index contributed by atoms with van der Waals surface area (Å²) in [5.74, 6) is -0.295. The fourth-order valence-corrected chi connectivity index (χ4v) is 4.14. The second-order valence-corrected chi connectivity index (χ2v) is 8.23. The molecule has 0 bridgehead atoms. The van der Waals surface area contributed by atoms with Gasteiger partial charge in [0, 0.05) is 23.9 Å². The fraction of sp³-hybridized carbons (Fsp3) is 0.217. The Morgan fingerprint density at radius 2 is 1.91 bits per heavy atom. The maximum absolute atomic E-state index is 12.3. The SMILES string of the molecule is COc1ccc(C)cc1NC(=O)C(=O)NCCc1csc2nc(-c3cccc(C)c3)nn12. The Balaban J connectivity index is 1.37. The number of nitrogens with one attached hydrogen (secondary N) is 2. The van der Waals surface area contributed by atoms with Crippen molar-refractivity contribution in [2.24, 2.45) is 0 Å². The van der Waals surface area contributed by atoms with Gasteiger partial charge in [-0.25, -0.2) is 4.52 Å². The zero-order chi connectivity index (χ0) is 22.7. The minimum atomic E-state index is -0.744. The first-order chi connectivity index (χ1) is 15.4. The molecule has 2 aromatic heterocycles. The summed E-state index contributed by atoms with van der Waals surface area (Å²) in [7, 11) is 1.51. The lowest BCUT2D eigenvalue weighted by molar-refractivity contribution is -0.136. The van der Waals surface area contributed by atoms with E-state index in [1.165, 1.54) is 18.4 Å². The molecule has 0 aliphatic carbocycles. The number of carbonyl (C=O) groups is 2. The van der Waals surface area contributed by atoms with Crippen LogP contribution in [0.4, 0.5) is 5.69 Å². The Morgan fingerprint density at radius 1 is 1.09 bits per heavy atom. The normalized spacial score (nSPS) is 10.8. The molecule has 0 radical (unpaired) electrons. The molecular formula is C23H23N5O3S. The van der Waals surface area contributed by atoms with E-state index in [0.717, 1.165) is 27.3 Å². The van der Waals surface area contributed by atoms with Crippen LogP contribution in [0.1, 0.15) is 16.8 Å². The number of aryl methyl sites for hydroxylation is 2. The van der Waals surface area contributed by atoms with Gasteiger partial charge in [-0.15, -0.1) is 16.4 Å². The van der Waals surface area contributed by atoms with Gasteiger partial charge in [-0.1, -0.05) is 29.8 Å². The maximum atomic E-state index is 12.3. The molecule has 0 aliphatic heterocycles. The Hall–Kier alpha value is -3.72. The van der Waals surface area contributed by atoms with E-state index in [2.05, 4.69) is 20.7 Å². The Kier molecular flexibility index (Phi) is 6.18. The molecule has 0 unspecified atom stereocenters. The highest BCUT2D eigenvalue weighted by atomic mass is 32.1. The molecule has 4 aromatic rings. The Bertz CT molecular complexity index is 1290. The first-order valence-corrected chi connectivity index (χ1v) is 11.0. The number of aromatic nitrogens is 3. The van der Waals surface area contributed by atoms with Crippen molar-refractivity contribution in [1.29, 1.82) is 0 Å². The molecule has 164 valence electrons. The number of anilines is 1. The van der Waals surface area contributed by atoms with Crippen molar-refractivity contribution in [3.05, 3.63) is 64.7 Å². The summed E-state index contributed by atoms with van der Waals surface area (Å²) in [4.78, 5) is 29.9. The number of ether oxygens (including phenoxy) is 1. The van der Waals surface area contributed by atoms with Crippen LogP contribution in [-0.4, -0.2) is 40.1 Å². The number of fused-ring (bicyclic) bond motifs is 1. The molecule has 4 rings (SSSR count). The van der Waals surface area contributed by atoms with Crippen molar-refractivity contribution in [1.82, 2.24) is 19.9 Å². The van der Waals surface area contributed by atoms with Crippen molar-refractivity contribution < 1.29 is 14.3 Å². The van der Waals surface area contributed by atoms with Gasteiger partial charge in [0.1, 0.15) is 5.75 Å². The number of thiazole rings is 1. The highest BCUT2D eigenvalue weighted by molar-refractivity contribution is 7.15. The average molecular weight is 450 g/mol. The van der Waals surface area contributed by atoms with Gasteiger partial charge in [0.25, 0.3) is 0 Å². The fourth-order valence-electron chi connectivity index (χ4n) is 3.29. The van der Waals surface area contributed by atoms with Gasteiger partial charge in [0.2, 0.25) is 4.96 Å². The van der Waals surface area contributed by atoms with Crippen LogP contribution in [0.15, 0.2) is 47.8 Å². The van der Waals surface area contributed by atoms with Gasteiger partial charge in [-0.05, 0) is 37.6 Å². The first kappa shape index (κ1) is 21.5. The Labute approximate surface area is 189 Å². The van der Waals surface area contributed by atoms with Gasteiger partial charge in [-0.3, -0.25) is 9.59 Å². The third kappa shape index (κ3) is 4.62. The van der Waals surface area contributed by atoms with Crippen LogP contribution in [0.3, 0.4) is 0 Å². The zero-order valence-electron chi connectivity index (χ0n) is 18.0. The molecule has 2 N–H and O–H groups in total. The summed E-state index contributed by atoms with van der Waals surface area (Å²) in [5, 5.41) is 11.8. The van der Waals surface area contributed by atoms with Gasteiger partial charge in [-0.2, -0.15) is 4.98 Å². The summed E-state index contributed by atoms with van der Waals surface area (Å²) in [6.07, 6.45) is 0.517. The van der Waals surface area contributed by atoms with E-state index in [1.54, 1.807) is 16.6 Å². The van der Waals surface area contributed by atoms with Crippen molar-refractivity contribution >= 4 is 33.8 Å². The van der Waals surface area contributed by atoms with E-state index in [4.69, 9.17) is 4.74 Å². The molecule has 0 saturated carbocycles. The van der Waals surface area contributed by atoms with Crippen LogP contribution in [-0.2, 0) is 16.0 Å². The summed E-state index contributed by atoms with van der Waals surface area (Å²) < 4.78 is 7.02. The third-order valence-electron chi connectivity index (χ3n) is 4.90. The molecular weight excluding hydrogens is 426 g/mol. The number of nitrogens with zero attached hydrogens (tertiary/aromatic N) is 3. The second-order valence-electron chi connectivity index (χ2n) is 7.39. The van der Waals surface area contributed by atoms with E-state index >= 15 is 0 Å². The van der Waals surface area contributed by atoms with Gasteiger partial charge < -0.3 is 15.4 Å². The molecule has 0 atom stereocenters. The molecule has 2 aromatic carbocycles. The van der Waals surface area contributed by atoms with Gasteiger partial charge >= 0.3 is 11.8 Å². The van der Waals surface area contributed by atoms with E-state index in [1.807, 2.05) is 49.6 Å². The van der Waals surface area contributed by atoms with Crippen molar-refractivity contribution in [2.75, 3.05) is 19.0 Å². The number of carbonyl (C=O) groups excluding carboxylic acids is 2. The number of amides is 2. The molecule has 8 nitrogen and oxygen atoms in total. The number of hydrogen-bond donors (Lipinski definition) is 2. The number of rotatable bonds is 6. The zero-order valence-corrected chi connectivity index (χ0v) is 18.8. The summed E-state index contributed by atoms with van der Waals surface area (Å²) >= 11 is 1.49. The molecule has 0 saturated heterocycles.